The summed E-state index contributed by atoms with van der Waals surface area (Å²) >= 11 is 0. The summed E-state index contributed by atoms with van der Waals surface area (Å²) in [6, 6.07) is 3.37. The van der Waals surface area contributed by atoms with Crippen molar-refractivity contribution in [1.82, 2.24) is 4.98 Å². The summed E-state index contributed by atoms with van der Waals surface area (Å²) in [7, 11) is 1.26. The number of hydrogen-bond donors (Lipinski definition) is 2. The second-order valence-electron chi connectivity index (χ2n) is 3.43. The van der Waals surface area contributed by atoms with Gasteiger partial charge in [0, 0.05) is 22.7 Å². The Balaban J connectivity index is 2.52. The van der Waals surface area contributed by atoms with Crippen molar-refractivity contribution < 1.29 is 13.9 Å². The van der Waals surface area contributed by atoms with E-state index >= 15 is 0 Å². The van der Waals surface area contributed by atoms with Gasteiger partial charge >= 0.3 is 5.97 Å². The third kappa shape index (κ3) is 1.65. The number of aromatic nitrogens is 1. The Bertz CT molecular complexity index is 536. The van der Waals surface area contributed by atoms with Crippen molar-refractivity contribution >= 4 is 16.9 Å². The van der Waals surface area contributed by atoms with Crippen LogP contribution in [-0.4, -0.2) is 18.1 Å². The summed E-state index contributed by atoms with van der Waals surface area (Å²) < 4.78 is 17.6. The SMILES string of the molecule is COC(=O)C(N)c1c[nH]c2ccc(F)cc12. The number of carbonyl (C=O) groups is 1. The van der Waals surface area contributed by atoms with Crippen LogP contribution in [0.3, 0.4) is 0 Å². The standard InChI is InChI=1S/C11H11FN2O2/c1-16-11(15)10(13)8-5-14-9-3-2-6(12)4-7(8)9/h2-5,10,14H,13H2,1H3. The predicted octanol–water partition coefficient (Wildman–Crippen LogP) is 1.48. The van der Waals surface area contributed by atoms with Crippen molar-refractivity contribution in [2.24, 2.45) is 5.73 Å². The minimum absolute atomic E-state index is 0.370. The first kappa shape index (κ1) is 10.6. The fourth-order valence-corrected chi connectivity index (χ4v) is 1.63. The van der Waals surface area contributed by atoms with Gasteiger partial charge in [0.25, 0.3) is 0 Å². The van der Waals surface area contributed by atoms with Gasteiger partial charge in [-0.3, -0.25) is 4.79 Å². The Morgan fingerprint density at radius 3 is 3.00 bits per heavy atom. The summed E-state index contributed by atoms with van der Waals surface area (Å²) in [5, 5.41) is 0.595. The molecule has 3 N–H and O–H groups in total. The van der Waals surface area contributed by atoms with Crippen LogP contribution in [-0.2, 0) is 9.53 Å². The molecule has 1 aromatic heterocycles. The van der Waals surface area contributed by atoms with Gasteiger partial charge < -0.3 is 15.5 Å². The molecule has 0 spiro atoms. The number of rotatable bonds is 2. The maximum Gasteiger partial charge on any atom is 0.327 e. The average Bonchev–Trinajstić information content (AvgIpc) is 2.69. The molecule has 0 fully saturated rings. The number of benzene rings is 1. The Labute approximate surface area is 91.2 Å². The zero-order valence-corrected chi connectivity index (χ0v) is 8.66. The third-order valence-corrected chi connectivity index (χ3v) is 2.47. The van der Waals surface area contributed by atoms with Crippen molar-refractivity contribution in [2.75, 3.05) is 7.11 Å². The summed E-state index contributed by atoms with van der Waals surface area (Å²) in [5.74, 6) is -0.921. The molecule has 2 rings (SSSR count). The van der Waals surface area contributed by atoms with E-state index in [0.29, 0.717) is 10.9 Å². The van der Waals surface area contributed by atoms with Crippen molar-refractivity contribution in [3.63, 3.8) is 0 Å². The van der Waals surface area contributed by atoms with E-state index < -0.39 is 12.0 Å². The first-order chi connectivity index (χ1) is 7.63. The van der Waals surface area contributed by atoms with Gasteiger partial charge in [0.1, 0.15) is 11.9 Å². The molecular formula is C11H11FN2O2. The van der Waals surface area contributed by atoms with Gasteiger partial charge in [0.2, 0.25) is 0 Å². The Kier molecular flexibility index (Phi) is 2.62. The Hall–Kier alpha value is -1.88. The maximum atomic E-state index is 13.1. The fraction of sp³-hybridized carbons (Fsp3) is 0.182. The van der Waals surface area contributed by atoms with E-state index in [4.69, 9.17) is 5.73 Å². The van der Waals surface area contributed by atoms with E-state index in [1.54, 1.807) is 12.3 Å². The van der Waals surface area contributed by atoms with E-state index in [0.717, 1.165) is 5.52 Å². The lowest BCUT2D eigenvalue weighted by Crippen LogP contribution is -2.22. The van der Waals surface area contributed by atoms with E-state index in [-0.39, 0.29) is 5.82 Å². The van der Waals surface area contributed by atoms with Gasteiger partial charge in [-0.05, 0) is 18.2 Å². The molecule has 0 saturated carbocycles. The number of esters is 1. The third-order valence-electron chi connectivity index (χ3n) is 2.47. The highest BCUT2D eigenvalue weighted by Crippen LogP contribution is 2.24. The van der Waals surface area contributed by atoms with Gasteiger partial charge in [-0.15, -0.1) is 0 Å². The van der Waals surface area contributed by atoms with E-state index in [1.807, 2.05) is 0 Å². The van der Waals surface area contributed by atoms with Crippen molar-refractivity contribution in [3.05, 3.63) is 35.8 Å². The van der Waals surface area contributed by atoms with Crippen LogP contribution in [0.2, 0.25) is 0 Å². The van der Waals surface area contributed by atoms with Gasteiger partial charge in [-0.25, -0.2) is 4.39 Å². The molecule has 0 bridgehead atoms. The van der Waals surface area contributed by atoms with Gasteiger partial charge in [0.15, 0.2) is 0 Å². The minimum atomic E-state index is -0.902. The van der Waals surface area contributed by atoms with Crippen molar-refractivity contribution in [3.8, 4) is 0 Å². The van der Waals surface area contributed by atoms with Crippen molar-refractivity contribution in [2.45, 2.75) is 6.04 Å². The fourth-order valence-electron chi connectivity index (χ4n) is 1.63. The summed E-state index contributed by atoms with van der Waals surface area (Å²) in [4.78, 5) is 14.2. The number of halogens is 1. The normalized spacial score (nSPS) is 12.7. The maximum absolute atomic E-state index is 13.1. The number of ether oxygens (including phenoxy) is 1. The lowest BCUT2D eigenvalue weighted by atomic mass is 10.1. The van der Waals surface area contributed by atoms with E-state index in [2.05, 4.69) is 9.72 Å². The highest BCUT2D eigenvalue weighted by atomic mass is 19.1. The molecule has 0 aliphatic carbocycles. The largest absolute Gasteiger partial charge is 0.468 e. The number of fused-ring (bicyclic) bond motifs is 1. The lowest BCUT2D eigenvalue weighted by molar-refractivity contribution is -0.142. The molecule has 2 aromatic rings. The molecule has 84 valence electrons. The summed E-state index contributed by atoms with van der Waals surface area (Å²) in [6.45, 7) is 0. The number of nitrogens with two attached hydrogens (primary N) is 1. The van der Waals surface area contributed by atoms with Crippen LogP contribution in [0.1, 0.15) is 11.6 Å². The molecule has 1 atom stereocenters. The molecule has 1 unspecified atom stereocenters. The van der Waals surface area contributed by atoms with Crippen LogP contribution >= 0.6 is 0 Å². The molecule has 0 aliphatic rings. The van der Waals surface area contributed by atoms with Crippen LogP contribution in [0.4, 0.5) is 4.39 Å². The second-order valence-corrected chi connectivity index (χ2v) is 3.43. The number of H-pyrrole nitrogens is 1. The average molecular weight is 222 g/mol. The second kappa shape index (κ2) is 3.94. The van der Waals surface area contributed by atoms with E-state index in [9.17, 15) is 9.18 Å². The predicted molar refractivity (Wildman–Crippen MR) is 57.2 cm³/mol. The van der Waals surface area contributed by atoms with Crippen LogP contribution in [0, 0.1) is 5.82 Å². The van der Waals surface area contributed by atoms with Crippen LogP contribution in [0.5, 0.6) is 0 Å². The molecule has 0 radical (unpaired) electrons. The zero-order valence-electron chi connectivity index (χ0n) is 8.66. The summed E-state index contributed by atoms with van der Waals surface area (Å²) in [5.41, 5.74) is 6.95. The smallest absolute Gasteiger partial charge is 0.327 e. The number of hydrogen-bond acceptors (Lipinski definition) is 3. The lowest BCUT2D eigenvalue weighted by Gasteiger charge is -2.07. The Morgan fingerprint density at radius 1 is 1.56 bits per heavy atom. The van der Waals surface area contributed by atoms with Gasteiger partial charge in [0.05, 0.1) is 7.11 Å². The number of aromatic amines is 1. The van der Waals surface area contributed by atoms with Crippen molar-refractivity contribution in [1.29, 1.82) is 0 Å². The molecule has 16 heavy (non-hydrogen) atoms. The Morgan fingerprint density at radius 2 is 2.31 bits per heavy atom. The zero-order chi connectivity index (χ0) is 11.7. The number of nitrogens with one attached hydrogen (secondary N) is 1. The topological polar surface area (TPSA) is 68.1 Å². The summed E-state index contributed by atoms with van der Waals surface area (Å²) in [6.07, 6.45) is 1.59. The van der Waals surface area contributed by atoms with E-state index in [1.165, 1.54) is 19.2 Å². The molecule has 0 amide bonds. The quantitative estimate of drug-likeness (QED) is 0.756. The monoisotopic (exact) mass is 222 g/mol. The first-order valence-electron chi connectivity index (χ1n) is 4.73. The number of methoxy groups -OCH3 is 1. The molecule has 1 aromatic carbocycles. The van der Waals surface area contributed by atoms with Gasteiger partial charge in [-0.2, -0.15) is 0 Å². The number of carbonyl (C=O) groups excluding carboxylic acids is 1. The van der Waals surface area contributed by atoms with Crippen LogP contribution < -0.4 is 5.73 Å². The molecule has 5 heteroatoms. The highest BCUT2D eigenvalue weighted by molar-refractivity contribution is 5.89. The van der Waals surface area contributed by atoms with Crippen LogP contribution in [0.25, 0.3) is 10.9 Å². The minimum Gasteiger partial charge on any atom is -0.468 e. The molecule has 1 heterocycles. The molecule has 0 saturated heterocycles. The molecular weight excluding hydrogens is 211 g/mol. The molecule has 0 aliphatic heterocycles. The molecule has 4 nitrogen and oxygen atoms in total. The van der Waals surface area contributed by atoms with Crippen LogP contribution in [0.15, 0.2) is 24.4 Å². The first-order valence-corrected chi connectivity index (χ1v) is 4.73. The highest BCUT2D eigenvalue weighted by Gasteiger charge is 2.19. The van der Waals surface area contributed by atoms with Gasteiger partial charge in [-0.1, -0.05) is 0 Å².